The summed E-state index contributed by atoms with van der Waals surface area (Å²) in [7, 11) is 0. The lowest BCUT2D eigenvalue weighted by molar-refractivity contribution is 0.449. The molecule has 0 atom stereocenters. The van der Waals surface area contributed by atoms with E-state index in [1.807, 2.05) is 55.7 Å². The third-order valence-electron chi connectivity index (χ3n) is 3.89. The molecule has 0 fully saturated rings. The Bertz CT molecular complexity index is 797. The van der Waals surface area contributed by atoms with Crippen LogP contribution in [0.25, 0.3) is 0 Å². The molecule has 0 saturated heterocycles. The topological polar surface area (TPSA) is 52.0 Å². The molecule has 0 bridgehead atoms. The lowest BCUT2D eigenvalue weighted by atomic mass is 10.2. The maximum absolute atomic E-state index is 6.00. The van der Waals surface area contributed by atoms with E-state index in [-0.39, 0.29) is 0 Å². The Morgan fingerprint density at radius 2 is 1.92 bits per heavy atom. The van der Waals surface area contributed by atoms with E-state index in [0.29, 0.717) is 19.0 Å². The number of nitrogens with one attached hydrogen (secondary N) is 1. The maximum atomic E-state index is 6.00. The lowest BCUT2D eigenvalue weighted by Crippen LogP contribution is -2.17. The molecule has 2 heterocycles. The van der Waals surface area contributed by atoms with Crippen LogP contribution < -0.4 is 10.1 Å². The first-order valence-corrected chi connectivity index (χ1v) is 8.16. The van der Waals surface area contributed by atoms with Gasteiger partial charge >= 0.3 is 0 Å². The highest BCUT2D eigenvalue weighted by Crippen LogP contribution is 2.25. The van der Waals surface area contributed by atoms with Crippen LogP contribution in [0.4, 0.5) is 0 Å². The van der Waals surface area contributed by atoms with Gasteiger partial charge < -0.3 is 14.6 Å². The second kappa shape index (κ2) is 7.75. The van der Waals surface area contributed by atoms with E-state index < -0.39 is 0 Å². The van der Waals surface area contributed by atoms with E-state index in [0.717, 1.165) is 29.2 Å². The van der Waals surface area contributed by atoms with Crippen molar-refractivity contribution >= 4 is 0 Å². The predicted molar refractivity (Wildman–Crippen MR) is 93.9 cm³/mol. The van der Waals surface area contributed by atoms with Crippen molar-refractivity contribution in [3.05, 3.63) is 71.9 Å². The molecule has 0 saturated carbocycles. The van der Waals surface area contributed by atoms with E-state index in [4.69, 9.17) is 4.74 Å². The van der Waals surface area contributed by atoms with Crippen LogP contribution in [0.15, 0.2) is 55.0 Å². The summed E-state index contributed by atoms with van der Waals surface area (Å²) < 4.78 is 8.13. The van der Waals surface area contributed by atoms with E-state index >= 15 is 0 Å². The van der Waals surface area contributed by atoms with Gasteiger partial charge in [-0.15, -0.1) is 0 Å². The largest absolute Gasteiger partial charge is 0.438 e. The van der Waals surface area contributed by atoms with Gasteiger partial charge in [-0.1, -0.05) is 24.3 Å². The SMILES string of the molecule is CCn1ccnc1CNCc1cccnc1Oc1ccccc1C. The van der Waals surface area contributed by atoms with Crippen molar-refractivity contribution in [3.63, 3.8) is 0 Å². The summed E-state index contributed by atoms with van der Waals surface area (Å²) in [5, 5.41) is 3.42. The summed E-state index contributed by atoms with van der Waals surface area (Å²) in [5.74, 6) is 2.50. The Balaban J connectivity index is 1.67. The van der Waals surface area contributed by atoms with Crippen molar-refractivity contribution in [2.24, 2.45) is 0 Å². The minimum Gasteiger partial charge on any atom is -0.438 e. The highest BCUT2D eigenvalue weighted by Gasteiger charge is 2.08. The van der Waals surface area contributed by atoms with Crippen LogP contribution in [-0.4, -0.2) is 14.5 Å². The van der Waals surface area contributed by atoms with Crippen LogP contribution in [0.2, 0.25) is 0 Å². The molecule has 3 aromatic rings. The molecule has 0 aliphatic heterocycles. The lowest BCUT2D eigenvalue weighted by Gasteiger charge is -2.12. The molecular formula is C19H22N4O. The number of aromatic nitrogens is 3. The van der Waals surface area contributed by atoms with E-state index in [1.54, 1.807) is 6.20 Å². The van der Waals surface area contributed by atoms with Crippen molar-refractivity contribution in [2.45, 2.75) is 33.5 Å². The number of ether oxygens (including phenoxy) is 1. The van der Waals surface area contributed by atoms with Crippen LogP contribution in [0.1, 0.15) is 23.9 Å². The van der Waals surface area contributed by atoms with Gasteiger partial charge in [-0.3, -0.25) is 0 Å². The van der Waals surface area contributed by atoms with Crippen molar-refractivity contribution in [1.29, 1.82) is 0 Å². The number of hydrogen-bond donors (Lipinski definition) is 1. The number of pyridine rings is 1. The molecule has 124 valence electrons. The van der Waals surface area contributed by atoms with Gasteiger partial charge in [0.25, 0.3) is 0 Å². The zero-order valence-corrected chi connectivity index (χ0v) is 14.1. The van der Waals surface area contributed by atoms with Crippen molar-refractivity contribution < 1.29 is 4.74 Å². The second-order valence-corrected chi connectivity index (χ2v) is 5.57. The molecule has 1 aromatic carbocycles. The Kier molecular flexibility index (Phi) is 5.23. The van der Waals surface area contributed by atoms with Crippen molar-refractivity contribution in [2.75, 3.05) is 0 Å². The molecule has 0 radical (unpaired) electrons. The summed E-state index contributed by atoms with van der Waals surface area (Å²) in [6, 6.07) is 11.9. The van der Waals surface area contributed by atoms with Gasteiger partial charge in [0.2, 0.25) is 5.88 Å². The minimum absolute atomic E-state index is 0.637. The van der Waals surface area contributed by atoms with Gasteiger partial charge in [0.05, 0.1) is 6.54 Å². The standard InChI is InChI=1S/C19H22N4O/c1-3-23-12-11-21-18(23)14-20-13-16-8-6-10-22-19(16)24-17-9-5-4-7-15(17)2/h4-12,20H,3,13-14H2,1-2H3. The summed E-state index contributed by atoms with van der Waals surface area (Å²) in [6.07, 6.45) is 5.58. The van der Waals surface area contributed by atoms with Gasteiger partial charge in [0, 0.05) is 37.2 Å². The monoisotopic (exact) mass is 322 g/mol. The first-order chi connectivity index (χ1) is 11.8. The van der Waals surface area contributed by atoms with Crippen LogP contribution in [0.3, 0.4) is 0 Å². The normalized spacial score (nSPS) is 10.8. The fraction of sp³-hybridized carbons (Fsp3) is 0.263. The van der Waals surface area contributed by atoms with Gasteiger partial charge in [-0.2, -0.15) is 0 Å². The van der Waals surface area contributed by atoms with Crippen LogP contribution in [0, 0.1) is 6.92 Å². The maximum Gasteiger partial charge on any atom is 0.223 e. The zero-order valence-electron chi connectivity index (χ0n) is 14.1. The number of rotatable bonds is 7. The number of imidazole rings is 1. The highest BCUT2D eigenvalue weighted by atomic mass is 16.5. The first kappa shape index (κ1) is 16.2. The molecule has 1 N–H and O–H groups in total. The predicted octanol–water partition coefficient (Wildman–Crippen LogP) is 3.69. The minimum atomic E-state index is 0.637. The number of hydrogen-bond acceptors (Lipinski definition) is 4. The Labute approximate surface area is 142 Å². The van der Waals surface area contributed by atoms with Gasteiger partial charge in [0.1, 0.15) is 11.6 Å². The van der Waals surface area contributed by atoms with Crippen LogP contribution >= 0.6 is 0 Å². The molecule has 0 aliphatic carbocycles. The molecule has 3 rings (SSSR count). The van der Waals surface area contributed by atoms with Crippen LogP contribution in [0.5, 0.6) is 11.6 Å². The zero-order chi connectivity index (χ0) is 16.8. The number of nitrogens with zero attached hydrogens (tertiary/aromatic N) is 3. The van der Waals surface area contributed by atoms with Gasteiger partial charge in [-0.25, -0.2) is 9.97 Å². The third-order valence-corrected chi connectivity index (χ3v) is 3.89. The summed E-state index contributed by atoms with van der Waals surface area (Å²) >= 11 is 0. The van der Waals surface area contributed by atoms with Crippen molar-refractivity contribution in [1.82, 2.24) is 19.9 Å². The molecule has 0 amide bonds. The van der Waals surface area contributed by atoms with E-state index in [2.05, 4.69) is 26.8 Å². The van der Waals surface area contributed by atoms with E-state index in [1.165, 1.54) is 0 Å². The molecular weight excluding hydrogens is 300 g/mol. The fourth-order valence-electron chi connectivity index (χ4n) is 2.53. The molecule has 0 spiro atoms. The Hall–Kier alpha value is -2.66. The van der Waals surface area contributed by atoms with Crippen LogP contribution in [-0.2, 0) is 19.6 Å². The fourth-order valence-corrected chi connectivity index (χ4v) is 2.53. The third kappa shape index (κ3) is 3.81. The average Bonchev–Trinajstić information content (AvgIpc) is 3.06. The Morgan fingerprint density at radius 3 is 2.75 bits per heavy atom. The number of para-hydroxylation sites is 1. The van der Waals surface area contributed by atoms with Crippen molar-refractivity contribution in [3.8, 4) is 11.6 Å². The molecule has 2 aromatic heterocycles. The first-order valence-electron chi connectivity index (χ1n) is 8.16. The molecule has 0 unspecified atom stereocenters. The number of aryl methyl sites for hydroxylation is 2. The smallest absolute Gasteiger partial charge is 0.223 e. The molecule has 5 heteroatoms. The molecule has 24 heavy (non-hydrogen) atoms. The van der Waals surface area contributed by atoms with Gasteiger partial charge in [-0.05, 0) is 31.5 Å². The summed E-state index contributed by atoms with van der Waals surface area (Å²) in [5.41, 5.74) is 2.11. The second-order valence-electron chi connectivity index (χ2n) is 5.57. The average molecular weight is 322 g/mol. The van der Waals surface area contributed by atoms with E-state index in [9.17, 15) is 0 Å². The molecule has 5 nitrogen and oxygen atoms in total. The summed E-state index contributed by atoms with van der Waals surface area (Å²) in [6.45, 7) is 6.44. The van der Waals surface area contributed by atoms with Gasteiger partial charge in [0.15, 0.2) is 0 Å². The highest BCUT2D eigenvalue weighted by molar-refractivity contribution is 5.37. The quantitative estimate of drug-likeness (QED) is 0.721. The summed E-state index contributed by atoms with van der Waals surface area (Å²) in [4.78, 5) is 8.75. The number of benzene rings is 1. The Morgan fingerprint density at radius 1 is 1.04 bits per heavy atom. The molecule has 0 aliphatic rings.